The number of pyridine rings is 1. The van der Waals surface area contributed by atoms with Crippen LogP contribution < -0.4 is 0 Å². The van der Waals surface area contributed by atoms with Crippen LogP contribution in [0.3, 0.4) is 0 Å². The topological polar surface area (TPSA) is 25.2 Å². The molecule has 1 aliphatic carbocycles. The Morgan fingerprint density at radius 2 is 2.04 bits per heavy atom. The summed E-state index contributed by atoms with van der Waals surface area (Å²) in [5.41, 5.74) is 3.58. The van der Waals surface area contributed by atoms with Crippen molar-refractivity contribution in [3.63, 3.8) is 0 Å². The monoisotopic (exact) mass is 322 g/mol. The third kappa shape index (κ3) is 4.78. The van der Waals surface area contributed by atoms with E-state index in [1.165, 1.54) is 36.0 Å². The molecule has 1 aromatic heterocycles. The molecule has 1 heterocycles. The van der Waals surface area contributed by atoms with Gasteiger partial charge in [0.1, 0.15) is 5.69 Å². The molecule has 0 atom stereocenters. The van der Waals surface area contributed by atoms with E-state index < -0.39 is 11.9 Å². The van der Waals surface area contributed by atoms with Crippen molar-refractivity contribution in [3.8, 4) is 0 Å². The molecule has 0 unspecified atom stereocenters. The fraction of sp³-hybridized carbons (Fsp3) is 0.444. The Morgan fingerprint density at radius 1 is 1.30 bits per heavy atom. The average molecular weight is 322 g/mol. The van der Waals surface area contributed by atoms with Crippen molar-refractivity contribution in [1.29, 1.82) is 0 Å². The predicted octanol–water partition coefficient (Wildman–Crippen LogP) is 5.51. The summed E-state index contributed by atoms with van der Waals surface area (Å²) >= 11 is 0. The minimum absolute atomic E-state index is 0.620. The molecule has 0 saturated heterocycles. The SMILES string of the molecule is C=CN=C(CCc1ccc(C(F)(F)F)nc1)C1=C(C)CCCC1. The minimum atomic E-state index is -4.39. The van der Waals surface area contributed by atoms with Gasteiger partial charge in [0.05, 0.1) is 0 Å². The van der Waals surface area contributed by atoms with Crippen molar-refractivity contribution in [2.24, 2.45) is 4.99 Å². The summed E-state index contributed by atoms with van der Waals surface area (Å²) in [5, 5.41) is 0. The number of halogens is 3. The quantitative estimate of drug-likeness (QED) is 0.656. The minimum Gasteiger partial charge on any atom is -0.262 e. The Balaban J connectivity index is 2.08. The van der Waals surface area contributed by atoms with Crippen LogP contribution in [0.4, 0.5) is 13.2 Å². The van der Waals surface area contributed by atoms with Crippen molar-refractivity contribution in [1.82, 2.24) is 4.98 Å². The van der Waals surface area contributed by atoms with Gasteiger partial charge in [-0.05, 0) is 62.7 Å². The van der Waals surface area contributed by atoms with Crippen molar-refractivity contribution in [2.45, 2.75) is 51.6 Å². The van der Waals surface area contributed by atoms with Crippen molar-refractivity contribution in [3.05, 3.63) is 53.5 Å². The summed E-state index contributed by atoms with van der Waals surface area (Å²) in [4.78, 5) is 7.90. The van der Waals surface area contributed by atoms with Crippen LogP contribution in [0.5, 0.6) is 0 Å². The van der Waals surface area contributed by atoms with E-state index in [0.717, 1.165) is 36.6 Å². The van der Waals surface area contributed by atoms with Crippen molar-refractivity contribution in [2.75, 3.05) is 0 Å². The van der Waals surface area contributed by atoms with Crippen molar-refractivity contribution < 1.29 is 13.2 Å². The molecule has 0 N–H and O–H groups in total. The van der Waals surface area contributed by atoms with E-state index in [4.69, 9.17) is 0 Å². The number of aliphatic imine (C=N–C) groups is 1. The van der Waals surface area contributed by atoms with Crippen molar-refractivity contribution >= 4 is 5.71 Å². The zero-order chi connectivity index (χ0) is 16.9. The summed E-state index contributed by atoms with van der Waals surface area (Å²) in [6.45, 7) is 5.80. The summed E-state index contributed by atoms with van der Waals surface area (Å²) in [6, 6.07) is 2.52. The van der Waals surface area contributed by atoms with Gasteiger partial charge in [-0.15, -0.1) is 0 Å². The zero-order valence-electron chi connectivity index (χ0n) is 13.3. The molecule has 2 rings (SSSR count). The summed E-state index contributed by atoms with van der Waals surface area (Å²) in [5.74, 6) is 0. The van der Waals surface area contributed by atoms with Gasteiger partial charge in [0.25, 0.3) is 0 Å². The summed E-state index contributed by atoms with van der Waals surface area (Å²) < 4.78 is 37.6. The smallest absolute Gasteiger partial charge is 0.262 e. The first kappa shape index (κ1) is 17.4. The lowest BCUT2D eigenvalue weighted by Gasteiger charge is -2.19. The van der Waals surface area contributed by atoms with Crippen LogP contribution >= 0.6 is 0 Å². The molecule has 23 heavy (non-hydrogen) atoms. The third-order valence-corrected chi connectivity index (χ3v) is 4.10. The highest BCUT2D eigenvalue weighted by Crippen LogP contribution is 2.28. The summed E-state index contributed by atoms with van der Waals surface area (Å²) in [7, 11) is 0. The average Bonchev–Trinajstić information content (AvgIpc) is 2.52. The van der Waals surface area contributed by atoms with E-state index in [9.17, 15) is 13.2 Å². The lowest BCUT2D eigenvalue weighted by atomic mass is 9.88. The maximum Gasteiger partial charge on any atom is 0.433 e. The van der Waals surface area contributed by atoms with Gasteiger partial charge in [-0.1, -0.05) is 18.2 Å². The maximum absolute atomic E-state index is 12.5. The normalized spacial score (nSPS) is 16.6. The predicted molar refractivity (Wildman–Crippen MR) is 86.4 cm³/mol. The second-order valence-corrected chi connectivity index (χ2v) is 5.77. The van der Waals surface area contributed by atoms with Gasteiger partial charge in [-0.25, -0.2) is 0 Å². The first-order valence-corrected chi connectivity index (χ1v) is 7.80. The number of hydrogen-bond acceptors (Lipinski definition) is 2. The summed E-state index contributed by atoms with van der Waals surface area (Å²) in [6.07, 6.45) is 4.23. The van der Waals surface area contributed by atoms with Gasteiger partial charge in [-0.3, -0.25) is 9.98 Å². The largest absolute Gasteiger partial charge is 0.433 e. The van der Waals surface area contributed by atoms with Crippen LogP contribution in [0.25, 0.3) is 0 Å². The van der Waals surface area contributed by atoms with Crippen LogP contribution in [0.2, 0.25) is 0 Å². The van der Waals surface area contributed by atoms with E-state index in [1.54, 1.807) is 0 Å². The first-order chi connectivity index (χ1) is 10.9. The Morgan fingerprint density at radius 3 is 2.61 bits per heavy atom. The number of aryl methyl sites for hydroxylation is 1. The van der Waals surface area contributed by atoms with Gasteiger partial charge in [0.2, 0.25) is 0 Å². The molecule has 0 aromatic carbocycles. The highest BCUT2D eigenvalue weighted by atomic mass is 19.4. The van der Waals surface area contributed by atoms with E-state index in [0.29, 0.717) is 12.8 Å². The molecule has 0 saturated carbocycles. The lowest BCUT2D eigenvalue weighted by molar-refractivity contribution is -0.141. The fourth-order valence-electron chi connectivity index (χ4n) is 2.85. The molecule has 0 amide bonds. The highest BCUT2D eigenvalue weighted by Gasteiger charge is 2.31. The Bertz CT molecular complexity index is 610. The van der Waals surface area contributed by atoms with Crippen LogP contribution in [-0.2, 0) is 12.6 Å². The Kier molecular flexibility index (Phi) is 5.74. The molecule has 0 aliphatic heterocycles. The second-order valence-electron chi connectivity index (χ2n) is 5.77. The number of rotatable bonds is 5. The molecular formula is C18H21F3N2. The van der Waals surface area contributed by atoms with E-state index in [1.807, 2.05) is 0 Å². The molecule has 0 bridgehead atoms. The molecule has 0 radical (unpaired) electrons. The van der Waals surface area contributed by atoms with Gasteiger partial charge in [0, 0.05) is 18.1 Å². The van der Waals surface area contributed by atoms with E-state index >= 15 is 0 Å². The third-order valence-electron chi connectivity index (χ3n) is 4.10. The standard InChI is InChI=1S/C18H21F3N2/c1-3-22-16(15-7-5-4-6-13(15)2)10-8-14-9-11-17(23-12-14)18(19,20)21/h3,9,11-12H,1,4-8,10H2,2H3. The van der Waals surface area contributed by atoms with Crippen LogP contribution in [0.15, 0.2) is 47.2 Å². The molecule has 0 fully saturated rings. The number of allylic oxidation sites excluding steroid dienone is 2. The van der Waals surface area contributed by atoms with Crippen LogP contribution in [0, 0.1) is 0 Å². The molecular weight excluding hydrogens is 301 g/mol. The van der Waals surface area contributed by atoms with Gasteiger partial charge >= 0.3 is 6.18 Å². The molecule has 5 heteroatoms. The van der Waals surface area contributed by atoms with Crippen LogP contribution in [0.1, 0.15) is 50.3 Å². The first-order valence-electron chi connectivity index (χ1n) is 7.80. The Labute approximate surface area is 134 Å². The number of hydrogen-bond donors (Lipinski definition) is 0. The lowest BCUT2D eigenvalue weighted by Crippen LogP contribution is -2.11. The number of alkyl halides is 3. The molecule has 1 aromatic rings. The molecule has 0 spiro atoms. The maximum atomic E-state index is 12.5. The van der Waals surface area contributed by atoms with Gasteiger partial charge in [0.15, 0.2) is 0 Å². The fourth-order valence-corrected chi connectivity index (χ4v) is 2.85. The Hall–Kier alpha value is -1.91. The van der Waals surface area contributed by atoms with E-state index in [-0.39, 0.29) is 0 Å². The zero-order valence-corrected chi connectivity index (χ0v) is 13.3. The van der Waals surface area contributed by atoms with Gasteiger partial charge < -0.3 is 0 Å². The van der Waals surface area contributed by atoms with E-state index in [2.05, 4.69) is 23.5 Å². The van der Waals surface area contributed by atoms with Crippen LogP contribution in [-0.4, -0.2) is 10.7 Å². The molecule has 1 aliphatic rings. The second kappa shape index (κ2) is 7.57. The molecule has 2 nitrogen and oxygen atoms in total. The number of aromatic nitrogens is 1. The van der Waals surface area contributed by atoms with Gasteiger partial charge in [-0.2, -0.15) is 13.2 Å². The highest BCUT2D eigenvalue weighted by molar-refractivity contribution is 6.01. The number of nitrogens with zero attached hydrogens (tertiary/aromatic N) is 2. The molecule has 124 valence electrons.